The van der Waals surface area contributed by atoms with E-state index in [-0.39, 0.29) is 0 Å². The predicted molar refractivity (Wildman–Crippen MR) is 62.3 cm³/mol. The summed E-state index contributed by atoms with van der Waals surface area (Å²) in [6, 6.07) is 3.91. The van der Waals surface area contributed by atoms with Crippen molar-refractivity contribution in [1.82, 2.24) is 10.2 Å². The molecular formula is C12H20N2O2. The van der Waals surface area contributed by atoms with Gasteiger partial charge in [-0.2, -0.15) is 0 Å². The molecular weight excluding hydrogens is 204 g/mol. The number of ether oxygens (including phenoxy) is 1. The Balaban J connectivity index is 1.56. The highest BCUT2D eigenvalue weighted by molar-refractivity contribution is 4.97. The van der Waals surface area contributed by atoms with Crippen LogP contribution in [0.25, 0.3) is 0 Å². The normalized spacial score (nSPS) is 18.5. The number of hydrogen-bond acceptors (Lipinski definition) is 4. The third-order valence-electron chi connectivity index (χ3n) is 2.80. The van der Waals surface area contributed by atoms with Gasteiger partial charge in [-0.05, 0) is 18.6 Å². The molecule has 0 radical (unpaired) electrons. The molecule has 2 heterocycles. The van der Waals surface area contributed by atoms with Gasteiger partial charge in [-0.15, -0.1) is 0 Å². The highest BCUT2D eigenvalue weighted by Crippen LogP contribution is 1.99. The Hall–Kier alpha value is -0.840. The van der Waals surface area contributed by atoms with Crippen LogP contribution in [-0.4, -0.2) is 44.3 Å². The van der Waals surface area contributed by atoms with Gasteiger partial charge < -0.3 is 14.5 Å². The summed E-state index contributed by atoms with van der Waals surface area (Å²) in [6.45, 7) is 6.90. The van der Waals surface area contributed by atoms with Gasteiger partial charge >= 0.3 is 0 Å². The van der Waals surface area contributed by atoms with Crippen LogP contribution in [0.3, 0.4) is 0 Å². The first-order chi connectivity index (χ1) is 7.95. The average molecular weight is 224 g/mol. The van der Waals surface area contributed by atoms with Crippen molar-refractivity contribution in [3.05, 3.63) is 24.2 Å². The van der Waals surface area contributed by atoms with E-state index in [4.69, 9.17) is 9.15 Å². The number of hydrogen-bond donors (Lipinski definition) is 1. The van der Waals surface area contributed by atoms with Crippen LogP contribution in [0.5, 0.6) is 0 Å². The van der Waals surface area contributed by atoms with Crippen molar-refractivity contribution < 1.29 is 9.15 Å². The molecule has 16 heavy (non-hydrogen) atoms. The Morgan fingerprint density at radius 2 is 2.31 bits per heavy atom. The second-order valence-corrected chi connectivity index (χ2v) is 4.06. The summed E-state index contributed by atoms with van der Waals surface area (Å²) in [7, 11) is 0. The second-order valence-electron chi connectivity index (χ2n) is 4.06. The first-order valence-corrected chi connectivity index (χ1v) is 5.98. The van der Waals surface area contributed by atoms with Crippen molar-refractivity contribution in [2.45, 2.75) is 13.0 Å². The summed E-state index contributed by atoms with van der Waals surface area (Å²) in [6.07, 6.45) is 2.86. The number of nitrogens with one attached hydrogen (secondary N) is 1. The van der Waals surface area contributed by atoms with E-state index in [1.54, 1.807) is 6.26 Å². The topological polar surface area (TPSA) is 37.6 Å². The van der Waals surface area contributed by atoms with Gasteiger partial charge in [0.15, 0.2) is 0 Å². The van der Waals surface area contributed by atoms with E-state index in [0.717, 1.165) is 58.1 Å². The summed E-state index contributed by atoms with van der Waals surface area (Å²) in [4.78, 5) is 2.45. The van der Waals surface area contributed by atoms with Crippen molar-refractivity contribution in [3.8, 4) is 0 Å². The van der Waals surface area contributed by atoms with Crippen LogP contribution < -0.4 is 5.32 Å². The molecule has 0 unspecified atom stereocenters. The fourth-order valence-corrected chi connectivity index (χ4v) is 1.88. The Kier molecular flexibility index (Phi) is 4.86. The molecule has 1 fully saturated rings. The summed E-state index contributed by atoms with van der Waals surface area (Å²) in [5.41, 5.74) is 0. The molecule has 1 saturated heterocycles. The van der Waals surface area contributed by atoms with Gasteiger partial charge in [-0.3, -0.25) is 4.90 Å². The minimum Gasteiger partial charge on any atom is -0.468 e. The first kappa shape index (κ1) is 11.6. The molecule has 0 saturated carbocycles. The van der Waals surface area contributed by atoms with Crippen molar-refractivity contribution >= 4 is 0 Å². The summed E-state index contributed by atoms with van der Waals surface area (Å²) in [5, 5.41) is 3.38. The SMILES string of the molecule is c1coc(CNCCN2CCCOCC2)c1. The Bertz CT molecular complexity index is 267. The lowest BCUT2D eigenvalue weighted by Crippen LogP contribution is -2.33. The molecule has 1 aliphatic rings. The van der Waals surface area contributed by atoms with Gasteiger partial charge in [0.05, 0.1) is 19.4 Å². The van der Waals surface area contributed by atoms with Crippen LogP contribution in [-0.2, 0) is 11.3 Å². The zero-order valence-corrected chi connectivity index (χ0v) is 9.65. The van der Waals surface area contributed by atoms with Gasteiger partial charge in [0.1, 0.15) is 5.76 Å². The number of rotatable bonds is 5. The second kappa shape index (κ2) is 6.68. The fraction of sp³-hybridized carbons (Fsp3) is 0.667. The minimum atomic E-state index is 0.817. The van der Waals surface area contributed by atoms with Crippen LogP contribution in [0.1, 0.15) is 12.2 Å². The van der Waals surface area contributed by atoms with Crippen LogP contribution >= 0.6 is 0 Å². The monoisotopic (exact) mass is 224 g/mol. The molecule has 2 rings (SSSR count). The lowest BCUT2D eigenvalue weighted by molar-refractivity contribution is 0.141. The van der Waals surface area contributed by atoms with E-state index in [2.05, 4.69) is 10.2 Å². The molecule has 4 nitrogen and oxygen atoms in total. The zero-order chi connectivity index (χ0) is 11.1. The highest BCUT2D eigenvalue weighted by Gasteiger charge is 2.07. The third-order valence-corrected chi connectivity index (χ3v) is 2.80. The van der Waals surface area contributed by atoms with E-state index in [1.807, 2.05) is 12.1 Å². The molecule has 0 aliphatic carbocycles. The van der Waals surface area contributed by atoms with Gasteiger partial charge in [0, 0.05) is 32.8 Å². The van der Waals surface area contributed by atoms with Crippen molar-refractivity contribution in [3.63, 3.8) is 0 Å². The summed E-state index contributed by atoms with van der Waals surface area (Å²) in [5.74, 6) is 0.999. The smallest absolute Gasteiger partial charge is 0.117 e. The van der Waals surface area contributed by atoms with Crippen molar-refractivity contribution in [2.24, 2.45) is 0 Å². The Morgan fingerprint density at radius 3 is 3.19 bits per heavy atom. The summed E-state index contributed by atoms with van der Waals surface area (Å²) < 4.78 is 10.7. The van der Waals surface area contributed by atoms with Gasteiger partial charge in [-0.1, -0.05) is 0 Å². The average Bonchev–Trinajstić information content (AvgIpc) is 2.68. The predicted octanol–water partition coefficient (Wildman–Crippen LogP) is 1.09. The van der Waals surface area contributed by atoms with Gasteiger partial charge in [0.25, 0.3) is 0 Å². The van der Waals surface area contributed by atoms with Gasteiger partial charge in [-0.25, -0.2) is 0 Å². The molecule has 1 N–H and O–H groups in total. The summed E-state index contributed by atoms with van der Waals surface area (Å²) >= 11 is 0. The van der Waals surface area contributed by atoms with Crippen LogP contribution in [0.4, 0.5) is 0 Å². The van der Waals surface area contributed by atoms with E-state index in [0.29, 0.717) is 0 Å². The molecule has 0 bridgehead atoms. The molecule has 0 atom stereocenters. The molecule has 90 valence electrons. The molecule has 1 aromatic rings. The lowest BCUT2D eigenvalue weighted by atomic mass is 10.4. The highest BCUT2D eigenvalue weighted by atomic mass is 16.5. The maximum atomic E-state index is 5.41. The molecule has 0 amide bonds. The maximum Gasteiger partial charge on any atom is 0.117 e. The van der Waals surface area contributed by atoms with E-state index in [9.17, 15) is 0 Å². The Labute approximate surface area is 96.6 Å². The van der Waals surface area contributed by atoms with Crippen molar-refractivity contribution in [1.29, 1.82) is 0 Å². The minimum absolute atomic E-state index is 0.817. The first-order valence-electron chi connectivity index (χ1n) is 5.98. The lowest BCUT2D eigenvalue weighted by Gasteiger charge is -2.18. The van der Waals surface area contributed by atoms with E-state index < -0.39 is 0 Å². The number of nitrogens with zero attached hydrogens (tertiary/aromatic N) is 1. The fourth-order valence-electron chi connectivity index (χ4n) is 1.88. The largest absolute Gasteiger partial charge is 0.468 e. The van der Waals surface area contributed by atoms with Crippen LogP contribution in [0.15, 0.2) is 22.8 Å². The zero-order valence-electron chi connectivity index (χ0n) is 9.65. The third kappa shape index (κ3) is 3.96. The maximum absolute atomic E-state index is 5.41. The number of furan rings is 1. The van der Waals surface area contributed by atoms with Crippen LogP contribution in [0.2, 0.25) is 0 Å². The Morgan fingerprint density at radius 1 is 1.31 bits per heavy atom. The molecule has 0 aromatic carbocycles. The quantitative estimate of drug-likeness (QED) is 0.760. The van der Waals surface area contributed by atoms with Gasteiger partial charge in [0.2, 0.25) is 0 Å². The molecule has 4 heteroatoms. The van der Waals surface area contributed by atoms with Crippen LogP contribution in [0, 0.1) is 0 Å². The molecule has 0 spiro atoms. The van der Waals surface area contributed by atoms with E-state index >= 15 is 0 Å². The molecule has 1 aromatic heterocycles. The molecule has 1 aliphatic heterocycles. The van der Waals surface area contributed by atoms with Crippen molar-refractivity contribution in [2.75, 3.05) is 39.4 Å². The standard InChI is InChI=1S/C12H20N2O2/c1-3-12(16-9-1)11-13-4-6-14-5-2-8-15-10-7-14/h1,3,9,13H,2,4-8,10-11H2. The van der Waals surface area contributed by atoms with E-state index in [1.165, 1.54) is 0 Å².